The molecule has 2 aromatic carbocycles. The van der Waals surface area contributed by atoms with Gasteiger partial charge in [-0.2, -0.15) is 4.31 Å². The highest BCUT2D eigenvalue weighted by Gasteiger charge is 2.34. The number of halogens is 1. The number of amides is 1. The van der Waals surface area contributed by atoms with E-state index in [-0.39, 0.29) is 29.8 Å². The summed E-state index contributed by atoms with van der Waals surface area (Å²) in [5.41, 5.74) is 3.24. The molecule has 0 spiro atoms. The minimum absolute atomic E-state index is 0.0206. The molecule has 184 valence electrons. The number of nitrogens with zero attached hydrogens (tertiary/aromatic N) is 3. The van der Waals surface area contributed by atoms with Gasteiger partial charge in [-0.1, -0.05) is 37.3 Å². The summed E-state index contributed by atoms with van der Waals surface area (Å²) >= 11 is 0. The summed E-state index contributed by atoms with van der Waals surface area (Å²) < 4.78 is 40.5. The number of rotatable bonds is 8. The Labute approximate surface area is 206 Å². The summed E-state index contributed by atoms with van der Waals surface area (Å²) in [5.74, 6) is -0.722. The molecule has 35 heavy (non-hydrogen) atoms. The van der Waals surface area contributed by atoms with Crippen molar-refractivity contribution in [3.8, 4) is 0 Å². The first kappa shape index (κ1) is 25.0. The number of piperidine rings is 1. The Kier molecular flexibility index (Phi) is 7.93. The molecule has 0 aliphatic carbocycles. The second-order valence-electron chi connectivity index (χ2n) is 8.86. The lowest BCUT2D eigenvalue weighted by atomic mass is 9.96. The van der Waals surface area contributed by atoms with E-state index in [4.69, 9.17) is 0 Å². The van der Waals surface area contributed by atoms with Crippen LogP contribution in [0, 0.1) is 11.7 Å². The van der Waals surface area contributed by atoms with Crippen molar-refractivity contribution in [3.63, 3.8) is 0 Å². The van der Waals surface area contributed by atoms with Crippen molar-refractivity contribution in [3.05, 3.63) is 95.6 Å². The number of hydrogen-bond acceptors (Lipinski definition) is 4. The van der Waals surface area contributed by atoms with Gasteiger partial charge >= 0.3 is 0 Å². The van der Waals surface area contributed by atoms with Gasteiger partial charge in [0.2, 0.25) is 15.9 Å². The first-order chi connectivity index (χ1) is 16.9. The van der Waals surface area contributed by atoms with Gasteiger partial charge in [0.1, 0.15) is 5.82 Å². The smallest absolute Gasteiger partial charge is 0.243 e. The van der Waals surface area contributed by atoms with E-state index in [0.717, 1.165) is 29.7 Å². The molecule has 0 saturated carbocycles. The fourth-order valence-electron chi connectivity index (χ4n) is 4.38. The van der Waals surface area contributed by atoms with Crippen LogP contribution in [0.25, 0.3) is 0 Å². The minimum atomic E-state index is -3.72. The van der Waals surface area contributed by atoms with Crippen LogP contribution in [0.15, 0.2) is 78.0 Å². The van der Waals surface area contributed by atoms with Gasteiger partial charge in [-0.15, -0.1) is 0 Å². The van der Waals surface area contributed by atoms with Crippen molar-refractivity contribution in [2.75, 3.05) is 13.1 Å². The summed E-state index contributed by atoms with van der Waals surface area (Å²) in [7, 11) is -3.72. The van der Waals surface area contributed by atoms with E-state index in [9.17, 15) is 17.6 Å². The quantitative estimate of drug-likeness (QED) is 0.464. The number of benzene rings is 2. The second kappa shape index (κ2) is 11.1. The van der Waals surface area contributed by atoms with E-state index in [0.29, 0.717) is 25.9 Å². The zero-order chi connectivity index (χ0) is 24.8. The predicted octanol–water partition coefficient (Wildman–Crippen LogP) is 4.41. The first-order valence-electron chi connectivity index (χ1n) is 11.9. The van der Waals surface area contributed by atoms with E-state index in [2.05, 4.69) is 36.2 Å². The molecule has 3 aromatic rings. The number of pyridine rings is 1. The lowest BCUT2D eigenvalue weighted by Crippen LogP contribution is -2.44. The Bertz CT molecular complexity index is 1220. The number of carbonyl (C=O) groups is 1. The summed E-state index contributed by atoms with van der Waals surface area (Å²) in [4.78, 5) is 19.7. The van der Waals surface area contributed by atoms with Gasteiger partial charge in [0.05, 0.1) is 4.90 Å². The topological polar surface area (TPSA) is 70.6 Å². The highest BCUT2D eigenvalue weighted by Crippen LogP contribution is 2.26. The molecule has 1 saturated heterocycles. The molecule has 4 rings (SSSR count). The van der Waals surface area contributed by atoms with Crippen LogP contribution in [-0.4, -0.2) is 41.6 Å². The fraction of sp³-hybridized carbons (Fsp3) is 0.333. The maximum Gasteiger partial charge on any atom is 0.243 e. The minimum Gasteiger partial charge on any atom is -0.334 e. The van der Waals surface area contributed by atoms with Crippen LogP contribution in [-0.2, 0) is 34.3 Å². The average Bonchev–Trinajstić information content (AvgIpc) is 2.89. The average molecular weight is 496 g/mol. The van der Waals surface area contributed by atoms with E-state index in [1.807, 2.05) is 17.0 Å². The van der Waals surface area contributed by atoms with Gasteiger partial charge in [0.15, 0.2) is 0 Å². The molecule has 6 nitrogen and oxygen atoms in total. The van der Waals surface area contributed by atoms with E-state index >= 15 is 0 Å². The van der Waals surface area contributed by atoms with Gasteiger partial charge in [-0.05, 0) is 66.3 Å². The van der Waals surface area contributed by atoms with Crippen molar-refractivity contribution >= 4 is 15.9 Å². The third-order valence-corrected chi connectivity index (χ3v) is 8.38. The molecule has 1 aromatic heterocycles. The highest BCUT2D eigenvalue weighted by atomic mass is 32.2. The molecule has 0 bridgehead atoms. The lowest BCUT2D eigenvalue weighted by Gasteiger charge is -2.34. The zero-order valence-electron chi connectivity index (χ0n) is 19.8. The summed E-state index contributed by atoms with van der Waals surface area (Å²) in [5, 5.41) is 0. The van der Waals surface area contributed by atoms with E-state index in [1.165, 1.54) is 22.0 Å². The molecule has 0 N–H and O–H groups in total. The summed E-state index contributed by atoms with van der Waals surface area (Å²) in [6, 6.07) is 16.9. The van der Waals surface area contributed by atoms with Crippen LogP contribution < -0.4 is 0 Å². The molecule has 0 unspecified atom stereocenters. The van der Waals surface area contributed by atoms with Crippen molar-refractivity contribution in [1.29, 1.82) is 0 Å². The number of hydrogen-bond donors (Lipinski definition) is 0. The van der Waals surface area contributed by atoms with Gasteiger partial charge < -0.3 is 4.90 Å². The standard InChI is InChI=1S/C27H30FN3O3S/c1-2-21-5-7-22(8-6-21)19-30(20-23-4-3-15-29-18-23)27(32)24-13-16-31(17-14-24)35(33,34)26-11-9-25(28)10-12-26/h3-12,15,18,24H,2,13-14,16-17,19-20H2,1H3. The third-order valence-electron chi connectivity index (χ3n) is 6.47. The Morgan fingerprint density at radius 2 is 1.60 bits per heavy atom. The molecule has 1 amide bonds. The number of aromatic nitrogens is 1. The Morgan fingerprint density at radius 1 is 0.971 bits per heavy atom. The second-order valence-corrected chi connectivity index (χ2v) is 10.8. The van der Waals surface area contributed by atoms with Gasteiger partial charge in [0, 0.05) is 44.5 Å². The van der Waals surface area contributed by atoms with Crippen molar-refractivity contribution in [1.82, 2.24) is 14.2 Å². The van der Waals surface area contributed by atoms with Crippen LogP contribution in [0.3, 0.4) is 0 Å². The maximum absolute atomic E-state index is 13.6. The predicted molar refractivity (Wildman–Crippen MR) is 132 cm³/mol. The van der Waals surface area contributed by atoms with Crippen LogP contribution in [0.1, 0.15) is 36.5 Å². The Hall–Kier alpha value is -3.10. The van der Waals surface area contributed by atoms with Crippen molar-refractivity contribution < 1.29 is 17.6 Å². The summed E-state index contributed by atoms with van der Waals surface area (Å²) in [6.07, 6.45) is 5.31. The Morgan fingerprint density at radius 3 is 2.20 bits per heavy atom. The number of carbonyl (C=O) groups excluding carboxylic acids is 1. The SMILES string of the molecule is CCc1ccc(CN(Cc2cccnc2)C(=O)C2CCN(S(=O)(=O)c3ccc(F)cc3)CC2)cc1. The van der Waals surface area contributed by atoms with Gasteiger partial charge in [0.25, 0.3) is 0 Å². The maximum atomic E-state index is 13.6. The van der Waals surface area contributed by atoms with Crippen LogP contribution in [0.5, 0.6) is 0 Å². The normalized spacial score (nSPS) is 15.1. The third kappa shape index (κ3) is 6.13. The molecule has 8 heteroatoms. The molecule has 2 heterocycles. The lowest BCUT2D eigenvalue weighted by molar-refractivity contribution is -0.138. The molecular weight excluding hydrogens is 465 g/mol. The molecule has 0 atom stereocenters. The van der Waals surface area contributed by atoms with E-state index < -0.39 is 15.8 Å². The monoisotopic (exact) mass is 495 g/mol. The van der Waals surface area contributed by atoms with E-state index in [1.54, 1.807) is 12.4 Å². The Balaban J connectivity index is 1.46. The van der Waals surface area contributed by atoms with Crippen molar-refractivity contribution in [2.45, 2.75) is 44.2 Å². The van der Waals surface area contributed by atoms with Crippen LogP contribution in [0.2, 0.25) is 0 Å². The fourth-order valence-corrected chi connectivity index (χ4v) is 5.85. The van der Waals surface area contributed by atoms with Crippen LogP contribution >= 0.6 is 0 Å². The van der Waals surface area contributed by atoms with Gasteiger partial charge in [-0.25, -0.2) is 12.8 Å². The highest BCUT2D eigenvalue weighted by molar-refractivity contribution is 7.89. The molecule has 1 aliphatic heterocycles. The zero-order valence-corrected chi connectivity index (χ0v) is 20.6. The van der Waals surface area contributed by atoms with Crippen LogP contribution in [0.4, 0.5) is 4.39 Å². The molecule has 0 radical (unpaired) electrons. The number of aryl methyl sites for hydroxylation is 1. The largest absolute Gasteiger partial charge is 0.334 e. The van der Waals surface area contributed by atoms with Gasteiger partial charge in [-0.3, -0.25) is 9.78 Å². The summed E-state index contributed by atoms with van der Waals surface area (Å²) in [6.45, 7) is 3.53. The number of sulfonamides is 1. The molecule has 1 fully saturated rings. The molecule has 1 aliphatic rings. The molecular formula is C27H30FN3O3S. The first-order valence-corrected chi connectivity index (χ1v) is 13.3. The van der Waals surface area contributed by atoms with Crippen molar-refractivity contribution in [2.24, 2.45) is 5.92 Å².